The van der Waals surface area contributed by atoms with Crippen LogP contribution in [0.25, 0.3) is 11.1 Å². The zero-order valence-corrected chi connectivity index (χ0v) is 8.30. The zero-order valence-electron chi connectivity index (χ0n) is 8.30. The van der Waals surface area contributed by atoms with Gasteiger partial charge in [-0.3, -0.25) is 9.63 Å². The van der Waals surface area contributed by atoms with E-state index in [0.29, 0.717) is 11.1 Å². The second kappa shape index (κ2) is 4.13. The third-order valence-electron chi connectivity index (χ3n) is 1.89. The molecule has 0 bridgehead atoms. The van der Waals surface area contributed by atoms with Crippen LogP contribution < -0.4 is 5.48 Å². The van der Waals surface area contributed by atoms with Gasteiger partial charge in [-0.05, 0) is 0 Å². The van der Waals surface area contributed by atoms with Gasteiger partial charge in [0, 0.05) is 12.1 Å². The molecule has 0 fully saturated rings. The van der Waals surface area contributed by atoms with E-state index in [1.54, 1.807) is 11.5 Å². The van der Waals surface area contributed by atoms with Gasteiger partial charge in [0.15, 0.2) is 12.2 Å². The molecule has 5 nitrogen and oxygen atoms in total. The van der Waals surface area contributed by atoms with Crippen molar-refractivity contribution in [1.29, 1.82) is 0 Å². The summed E-state index contributed by atoms with van der Waals surface area (Å²) in [7, 11) is 0. The summed E-state index contributed by atoms with van der Waals surface area (Å²) in [5.74, 6) is -0.805. The molecule has 2 aromatic rings. The van der Waals surface area contributed by atoms with Crippen LogP contribution in [0.15, 0.2) is 22.8 Å². The fourth-order valence-electron chi connectivity index (χ4n) is 1.21. The Hall–Kier alpha value is -1.96. The molecule has 0 saturated carbocycles. The second-order valence-corrected chi connectivity index (χ2v) is 3.22. The Morgan fingerprint density at radius 1 is 1.53 bits per heavy atom. The largest absolute Gasteiger partial charge is 0.463 e. The predicted molar refractivity (Wildman–Crippen MR) is 50.0 cm³/mol. The van der Waals surface area contributed by atoms with Crippen LogP contribution in [-0.4, -0.2) is 23.7 Å². The molecule has 2 rings (SSSR count). The molecule has 8 heteroatoms. The molecule has 2 heterocycles. The Morgan fingerprint density at radius 3 is 2.94 bits per heavy atom. The van der Waals surface area contributed by atoms with E-state index >= 15 is 0 Å². The van der Waals surface area contributed by atoms with Crippen molar-refractivity contribution < 1.29 is 27.2 Å². The Morgan fingerprint density at radius 2 is 2.29 bits per heavy atom. The molecule has 0 aromatic carbocycles. The standard InChI is InChI=1S/C9H7F3N2O3/c10-9(11,12)4-17-14-8(15)6-3-7-5(13-6)1-2-16-7/h1-3,13H,4H2,(H,14,15). The van der Waals surface area contributed by atoms with E-state index in [1.807, 2.05) is 0 Å². The first-order valence-corrected chi connectivity index (χ1v) is 4.51. The first-order chi connectivity index (χ1) is 7.96. The number of H-pyrrole nitrogens is 1. The van der Waals surface area contributed by atoms with Gasteiger partial charge in [0.1, 0.15) is 5.69 Å². The summed E-state index contributed by atoms with van der Waals surface area (Å²) in [6.45, 7) is -1.55. The summed E-state index contributed by atoms with van der Waals surface area (Å²) >= 11 is 0. The van der Waals surface area contributed by atoms with E-state index in [-0.39, 0.29) is 5.69 Å². The van der Waals surface area contributed by atoms with Gasteiger partial charge in [0.2, 0.25) is 0 Å². The van der Waals surface area contributed by atoms with Crippen LogP contribution in [0.4, 0.5) is 13.2 Å². The fraction of sp³-hybridized carbons (Fsp3) is 0.222. The topological polar surface area (TPSA) is 67.3 Å². The molecule has 0 saturated heterocycles. The van der Waals surface area contributed by atoms with Crippen LogP contribution in [0.1, 0.15) is 10.5 Å². The summed E-state index contributed by atoms with van der Waals surface area (Å²) in [6.07, 6.45) is -3.07. The van der Waals surface area contributed by atoms with Crippen LogP contribution >= 0.6 is 0 Å². The number of furan rings is 1. The third kappa shape index (κ3) is 2.78. The van der Waals surface area contributed by atoms with Crippen LogP contribution in [-0.2, 0) is 4.84 Å². The summed E-state index contributed by atoms with van der Waals surface area (Å²) < 4.78 is 40.2. The molecule has 0 radical (unpaired) electrons. The van der Waals surface area contributed by atoms with Crippen LogP contribution in [0.2, 0.25) is 0 Å². The molecule has 2 aromatic heterocycles. The highest BCUT2D eigenvalue weighted by Crippen LogP contribution is 2.16. The maximum atomic E-state index is 11.7. The molecular formula is C9H7F3N2O3. The Labute approximate surface area is 92.5 Å². The van der Waals surface area contributed by atoms with Crippen molar-refractivity contribution >= 4 is 17.0 Å². The number of hydrogen-bond acceptors (Lipinski definition) is 3. The lowest BCUT2D eigenvalue weighted by molar-refractivity contribution is -0.184. The molecule has 0 aliphatic heterocycles. The summed E-state index contributed by atoms with van der Waals surface area (Å²) in [5, 5.41) is 0. The van der Waals surface area contributed by atoms with Gasteiger partial charge in [0.25, 0.3) is 5.91 Å². The average Bonchev–Trinajstić information content (AvgIpc) is 2.73. The van der Waals surface area contributed by atoms with Crippen molar-refractivity contribution in [3.05, 3.63) is 24.1 Å². The van der Waals surface area contributed by atoms with E-state index in [4.69, 9.17) is 4.42 Å². The summed E-state index contributed by atoms with van der Waals surface area (Å²) in [4.78, 5) is 18.0. The van der Waals surface area contributed by atoms with Crippen LogP contribution in [0, 0.1) is 0 Å². The highest BCUT2D eigenvalue weighted by molar-refractivity contribution is 5.96. The highest BCUT2D eigenvalue weighted by Gasteiger charge is 2.28. The van der Waals surface area contributed by atoms with Gasteiger partial charge in [-0.1, -0.05) is 0 Å². The predicted octanol–water partition coefficient (Wildman–Crippen LogP) is 1.98. The monoisotopic (exact) mass is 248 g/mol. The van der Waals surface area contributed by atoms with E-state index in [1.165, 1.54) is 12.3 Å². The number of aromatic amines is 1. The lowest BCUT2D eigenvalue weighted by atomic mass is 10.4. The molecule has 2 N–H and O–H groups in total. The molecule has 0 atom stereocenters. The molecular weight excluding hydrogens is 241 g/mol. The first kappa shape index (κ1) is 11.5. The van der Waals surface area contributed by atoms with Gasteiger partial charge >= 0.3 is 6.18 Å². The number of carbonyl (C=O) groups is 1. The smallest absolute Gasteiger partial charge is 0.414 e. The van der Waals surface area contributed by atoms with Gasteiger partial charge in [-0.15, -0.1) is 0 Å². The molecule has 0 aliphatic carbocycles. The molecule has 0 aliphatic rings. The maximum Gasteiger partial charge on any atom is 0.414 e. The number of fused-ring (bicyclic) bond motifs is 1. The van der Waals surface area contributed by atoms with Crippen LogP contribution in [0.3, 0.4) is 0 Å². The quantitative estimate of drug-likeness (QED) is 0.816. The number of carbonyl (C=O) groups excluding carboxylic acids is 1. The van der Waals surface area contributed by atoms with Gasteiger partial charge < -0.3 is 9.40 Å². The van der Waals surface area contributed by atoms with Crippen molar-refractivity contribution in [3.63, 3.8) is 0 Å². The van der Waals surface area contributed by atoms with Crippen molar-refractivity contribution in [2.75, 3.05) is 6.61 Å². The number of hydrogen-bond donors (Lipinski definition) is 2. The minimum absolute atomic E-state index is 0.0570. The minimum atomic E-state index is -4.49. The van der Waals surface area contributed by atoms with E-state index in [9.17, 15) is 18.0 Å². The van der Waals surface area contributed by atoms with Gasteiger partial charge in [0.05, 0.1) is 11.8 Å². The number of hydroxylamine groups is 1. The molecule has 1 amide bonds. The van der Waals surface area contributed by atoms with Gasteiger partial charge in [-0.2, -0.15) is 13.2 Å². The normalized spacial score (nSPS) is 11.9. The fourth-order valence-corrected chi connectivity index (χ4v) is 1.21. The second-order valence-electron chi connectivity index (χ2n) is 3.22. The number of aromatic nitrogens is 1. The van der Waals surface area contributed by atoms with E-state index in [0.717, 1.165) is 0 Å². The Balaban J connectivity index is 1.94. The highest BCUT2D eigenvalue weighted by atomic mass is 19.4. The van der Waals surface area contributed by atoms with Gasteiger partial charge in [-0.25, -0.2) is 5.48 Å². The summed E-state index contributed by atoms with van der Waals surface area (Å²) in [5.41, 5.74) is 2.74. The lowest BCUT2D eigenvalue weighted by Gasteiger charge is -2.07. The SMILES string of the molecule is O=C(NOCC(F)(F)F)c1cc2occc2[nH]1. The number of halogens is 3. The molecule has 17 heavy (non-hydrogen) atoms. The molecule has 92 valence electrons. The number of amides is 1. The number of rotatable bonds is 3. The van der Waals surface area contributed by atoms with Crippen molar-refractivity contribution in [2.24, 2.45) is 0 Å². The third-order valence-corrected chi connectivity index (χ3v) is 1.89. The molecule has 0 spiro atoms. The Bertz CT molecular complexity index is 500. The summed E-state index contributed by atoms with van der Waals surface area (Å²) in [6, 6.07) is 2.95. The van der Waals surface area contributed by atoms with E-state index < -0.39 is 18.7 Å². The average molecular weight is 248 g/mol. The maximum absolute atomic E-state index is 11.7. The van der Waals surface area contributed by atoms with Crippen molar-refractivity contribution in [3.8, 4) is 0 Å². The Kier molecular flexibility index (Phi) is 2.80. The number of nitrogens with one attached hydrogen (secondary N) is 2. The van der Waals surface area contributed by atoms with Crippen molar-refractivity contribution in [1.82, 2.24) is 10.5 Å². The minimum Gasteiger partial charge on any atom is -0.463 e. The zero-order chi connectivity index (χ0) is 12.5. The van der Waals surface area contributed by atoms with E-state index in [2.05, 4.69) is 9.82 Å². The lowest BCUT2D eigenvalue weighted by Crippen LogP contribution is -2.29. The van der Waals surface area contributed by atoms with Crippen LogP contribution in [0.5, 0.6) is 0 Å². The first-order valence-electron chi connectivity index (χ1n) is 4.51. The number of alkyl halides is 3. The molecule has 0 unspecified atom stereocenters. The van der Waals surface area contributed by atoms with Crippen molar-refractivity contribution in [2.45, 2.75) is 6.18 Å².